The number of aliphatic hydroxyl groups is 1. The molecule has 2 rings (SSSR count). The molecule has 1 heterocycles. The van der Waals surface area contributed by atoms with E-state index in [4.69, 9.17) is 5.11 Å². The number of aromatic amines is 1. The molecule has 1 aromatic carbocycles. The van der Waals surface area contributed by atoms with Gasteiger partial charge in [-0.25, -0.2) is 0 Å². The summed E-state index contributed by atoms with van der Waals surface area (Å²) in [5.41, 5.74) is 3.32. The molecule has 2 N–H and O–H groups in total. The van der Waals surface area contributed by atoms with Crippen LogP contribution in [-0.4, -0.2) is 10.1 Å². The number of hydrogen-bond acceptors (Lipinski definition) is 1. The molecule has 2 heteroatoms. The van der Waals surface area contributed by atoms with Crippen molar-refractivity contribution < 1.29 is 5.11 Å². The molecule has 0 saturated heterocycles. The molecule has 14 heavy (non-hydrogen) atoms. The Morgan fingerprint density at radius 1 is 1.29 bits per heavy atom. The molecule has 0 aliphatic carbocycles. The molecule has 0 fully saturated rings. The Morgan fingerprint density at radius 2 is 2.00 bits per heavy atom. The number of H-pyrrole nitrogens is 1. The number of aryl methyl sites for hydroxylation is 1. The minimum Gasteiger partial charge on any atom is -0.392 e. The summed E-state index contributed by atoms with van der Waals surface area (Å²) in [6.07, 6.45) is 1.98. The predicted molar refractivity (Wildman–Crippen MR) is 60.3 cm³/mol. The highest BCUT2D eigenvalue weighted by atomic mass is 16.3. The van der Waals surface area contributed by atoms with Gasteiger partial charge in [0.2, 0.25) is 0 Å². The summed E-state index contributed by atoms with van der Waals surface area (Å²) in [6.45, 7) is 6.17. The van der Waals surface area contributed by atoms with Crippen LogP contribution in [0.3, 0.4) is 0 Å². The SMILES string of the molecule is CC.Cc1c[nH]c2ccc(CO)cc12. The summed E-state index contributed by atoms with van der Waals surface area (Å²) in [5.74, 6) is 0. The lowest BCUT2D eigenvalue weighted by Crippen LogP contribution is -1.81. The van der Waals surface area contributed by atoms with Crippen molar-refractivity contribution in [1.29, 1.82) is 0 Å². The molecule has 0 amide bonds. The van der Waals surface area contributed by atoms with E-state index >= 15 is 0 Å². The summed E-state index contributed by atoms with van der Waals surface area (Å²) < 4.78 is 0. The first-order chi connectivity index (χ1) is 6.81. The zero-order valence-corrected chi connectivity index (χ0v) is 8.96. The number of rotatable bonds is 1. The van der Waals surface area contributed by atoms with Crippen LogP contribution in [0.5, 0.6) is 0 Å². The van der Waals surface area contributed by atoms with Gasteiger partial charge in [0.1, 0.15) is 0 Å². The van der Waals surface area contributed by atoms with Crippen molar-refractivity contribution in [2.45, 2.75) is 27.4 Å². The van der Waals surface area contributed by atoms with Crippen LogP contribution in [0.4, 0.5) is 0 Å². The van der Waals surface area contributed by atoms with Crippen LogP contribution in [0.25, 0.3) is 10.9 Å². The molecule has 0 bridgehead atoms. The average Bonchev–Trinajstić information content (AvgIpc) is 2.63. The summed E-state index contributed by atoms with van der Waals surface area (Å²) in [5, 5.41) is 10.1. The fourth-order valence-electron chi connectivity index (χ4n) is 1.41. The predicted octanol–water partition coefficient (Wildman–Crippen LogP) is 2.99. The normalized spacial score (nSPS) is 9.71. The van der Waals surface area contributed by atoms with E-state index < -0.39 is 0 Å². The van der Waals surface area contributed by atoms with Crippen molar-refractivity contribution in [3.8, 4) is 0 Å². The molecule has 0 spiro atoms. The van der Waals surface area contributed by atoms with Gasteiger partial charge < -0.3 is 10.1 Å². The van der Waals surface area contributed by atoms with Crippen LogP contribution in [0.2, 0.25) is 0 Å². The van der Waals surface area contributed by atoms with Gasteiger partial charge in [-0.15, -0.1) is 0 Å². The molecule has 1 aromatic heterocycles. The van der Waals surface area contributed by atoms with E-state index in [2.05, 4.69) is 11.9 Å². The minimum atomic E-state index is 0.112. The molecule has 0 unspecified atom stereocenters. The highest BCUT2D eigenvalue weighted by Gasteiger charge is 1.99. The van der Waals surface area contributed by atoms with Crippen molar-refractivity contribution in [3.05, 3.63) is 35.5 Å². The lowest BCUT2D eigenvalue weighted by molar-refractivity contribution is 0.282. The number of benzene rings is 1. The number of fused-ring (bicyclic) bond motifs is 1. The van der Waals surface area contributed by atoms with E-state index in [0.29, 0.717) is 0 Å². The molecule has 0 atom stereocenters. The maximum Gasteiger partial charge on any atom is 0.0682 e. The third-order valence-electron chi connectivity index (χ3n) is 2.14. The molecule has 0 aliphatic rings. The van der Waals surface area contributed by atoms with Gasteiger partial charge in [-0.2, -0.15) is 0 Å². The van der Waals surface area contributed by atoms with Crippen LogP contribution in [-0.2, 0) is 6.61 Å². The Bertz CT molecular complexity index is 404. The Labute approximate surface area is 84.6 Å². The number of nitrogens with one attached hydrogen (secondary N) is 1. The summed E-state index contributed by atoms with van der Waals surface area (Å²) >= 11 is 0. The van der Waals surface area contributed by atoms with Crippen LogP contribution >= 0.6 is 0 Å². The van der Waals surface area contributed by atoms with Gasteiger partial charge in [0, 0.05) is 17.1 Å². The Kier molecular flexibility index (Phi) is 3.72. The third-order valence-corrected chi connectivity index (χ3v) is 2.14. The highest BCUT2D eigenvalue weighted by molar-refractivity contribution is 5.83. The van der Waals surface area contributed by atoms with Gasteiger partial charge >= 0.3 is 0 Å². The van der Waals surface area contributed by atoms with E-state index in [1.165, 1.54) is 10.9 Å². The smallest absolute Gasteiger partial charge is 0.0682 e. The fourth-order valence-corrected chi connectivity index (χ4v) is 1.41. The van der Waals surface area contributed by atoms with Gasteiger partial charge in [0.25, 0.3) is 0 Å². The summed E-state index contributed by atoms with van der Waals surface area (Å²) in [4.78, 5) is 3.16. The molecule has 0 aliphatic heterocycles. The maximum atomic E-state index is 8.92. The second kappa shape index (κ2) is 4.82. The maximum absolute atomic E-state index is 8.92. The van der Waals surface area contributed by atoms with Crippen LogP contribution in [0, 0.1) is 6.92 Å². The quantitative estimate of drug-likeness (QED) is 0.714. The monoisotopic (exact) mass is 191 g/mol. The van der Waals surface area contributed by atoms with Crippen molar-refractivity contribution >= 4 is 10.9 Å². The molecule has 76 valence electrons. The highest BCUT2D eigenvalue weighted by Crippen LogP contribution is 2.18. The zero-order valence-electron chi connectivity index (χ0n) is 8.96. The van der Waals surface area contributed by atoms with E-state index in [-0.39, 0.29) is 6.61 Å². The fraction of sp³-hybridized carbons (Fsp3) is 0.333. The molecule has 0 radical (unpaired) electrons. The topological polar surface area (TPSA) is 36.0 Å². The lowest BCUT2D eigenvalue weighted by Gasteiger charge is -1.96. The first-order valence-electron chi connectivity index (χ1n) is 4.99. The van der Waals surface area contributed by atoms with Gasteiger partial charge in [-0.3, -0.25) is 0 Å². The van der Waals surface area contributed by atoms with Gasteiger partial charge in [-0.05, 0) is 30.2 Å². The minimum absolute atomic E-state index is 0.112. The van der Waals surface area contributed by atoms with Crippen molar-refractivity contribution in [2.75, 3.05) is 0 Å². The standard InChI is InChI=1S/C10H11NO.C2H6/c1-7-5-11-10-3-2-8(6-12)4-9(7)10;1-2/h2-5,11-12H,6H2,1H3;1-2H3. The zero-order chi connectivity index (χ0) is 10.6. The molecular formula is C12H17NO. The number of hydrogen-bond donors (Lipinski definition) is 2. The summed E-state index contributed by atoms with van der Waals surface area (Å²) in [7, 11) is 0. The first kappa shape index (κ1) is 10.8. The molecular weight excluding hydrogens is 174 g/mol. The molecule has 0 saturated carbocycles. The van der Waals surface area contributed by atoms with Crippen LogP contribution in [0.15, 0.2) is 24.4 Å². The third kappa shape index (κ3) is 1.96. The van der Waals surface area contributed by atoms with Crippen LogP contribution < -0.4 is 0 Å². The Balaban J connectivity index is 0.000000461. The molecule has 2 nitrogen and oxygen atoms in total. The van der Waals surface area contributed by atoms with E-state index in [1.54, 1.807) is 0 Å². The first-order valence-corrected chi connectivity index (χ1v) is 4.99. The van der Waals surface area contributed by atoms with E-state index in [0.717, 1.165) is 11.1 Å². The Morgan fingerprint density at radius 3 is 2.64 bits per heavy atom. The second-order valence-corrected chi connectivity index (χ2v) is 3.01. The van der Waals surface area contributed by atoms with Gasteiger partial charge in [0.15, 0.2) is 0 Å². The number of aliphatic hydroxyl groups excluding tert-OH is 1. The largest absolute Gasteiger partial charge is 0.392 e. The lowest BCUT2D eigenvalue weighted by atomic mass is 10.1. The van der Waals surface area contributed by atoms with Crippen molar-refractivity contribution in [3.63, 3.8) is 0 Å². The van der Waals surface area contributed by atoms with Crippen LogP contribution in [0.1, 0.15) is 25.0 Å². The summed E-state index contributed by atoms with van der Waals surface area (Å²) in [6, 6.07) is 5.94. The van der Waals surface area contributed by atoms with Gasteiger partial charge in [0.05, 0.1) is 6.61 Å². The van der Waals surface area contributed by atoms with E-state index in [9.17, 15) is 0 Å². The van der Waals surface area contributed by atoms with Gasteiger partial charge in [-0.1, -0.05) is 19.9 Å². The van der Waals surface area contributed by atoms with E-state index in [1.807, 2.05) is 38.2 Å². The van der Waals surface area contributed by atoms with Crippen molar-refractivity contribution in [1.82, 2.24) is 4.98 Å². The Hall–Kier alpha value is -1.28. The van der Waals surface area contributed by atoms with Crippen molar-refractivity contribution in [2.24, 2.45) is 0 Å². The molecule has 2 aromatic rings. The second-order valence-electron chi connectivity index (χ2n) is 3.01. The number of aromatic nitrogens is 1. The average molecular weight is 191 g/mol.